The van der Waals surface area contributed by atoms with Crippen LogP contribution in [0.4, 0.5) is 0 Å². The van der Waals surface area contributed by atoms with Crippen molar-refractivity contribution >= 4 is 10.0 Å². The van der Waals surface area contributed by atoms with Crippen LogP contribution in [0.25, 0.3) is 0 Å². The molecule has 0 aliphatic carbocycles. The third kappa shape index (κ3) is 2.90. The first-order valence-electron chi connectivity index (χ1n) is 6.99. The second kappa shape index (κ2) is 5.79. The van der Waals surface area contributed by atoms with Gasteiger partial charge in [0, 0.05) is 32.5 Å². The largest absolute Gasteiger partial charge is 0.369 e. The van der Waals surface area contributed by atoms with E-state index in [-0.39, 0.29) is 17.7 Å². The van der Waals surface area contributed by atoms with Crippen LogP contribution in [0, 0.1) is 6.92 Å². The van der Waals surface area contributed by atoms with Gasteiger partial charge in [0.2, 0.25) is 0 Å². The Balaban J connectivity index is 1.82. The van der Waals surface area contributed by atoms with Crippen molar-refractivity contribution in [1.29, 1.82) is 0 Å². The lowest BCUT2D eigenvalue weighted by Crippen LogP contribution is -2.42. The summed E-state index contributed by atoms with van der Waals surface area (Å²) in [5, 5.41) is 0.0625. The van der Waals surface area contributed by atoms with Crippen molar-refractivity contribution < 1.29 is 13.2 Å². The summed E-state index contributed by atoms with van der Waals surface area (Å²) in [5.74, 6) is 0. The third-order valence-corrected chi connectivity index (χ3v) is 5.33. The fourth-order valence-corrected chi connectivity index (χ4v) is 3.74. The number of hydrogen-bond donors (Lipinski definition) is 0. The highest BCUT2D eigenvalue weighted by atomic mass is 32.2. The maximum Gasteiger partial charge on any atom is 0.262 e. The number of imidazole rings is 1. The van der Waals surface area contributed by atoms with Gasteiger partial charge in [-0.1, -0.05) is 6.07 Å². The number of nitrogens with zero attached hydrogens (tertiary/aromatic N) is 4. The molecule has 0 aromatic carbocycles. The predicted octanol–water partition coefficient (Wildman–Crippen LogP) is 0.886. The Morgan fingerprint density at radius 1 is 1.32 bits per heavy atom. The second-order valence-electron chi connectivity index (χ2n) is 5.36. The Morgan fingerprint density at radius 2 is 2.14 bits per heavy atom. The van der Waals surface area contributed by atoms with E-state index in [2.05, 4.69) is 9.97 Å². The average Bonchev–Trinajstić information content (AvgIpc) is 2.95. The molecule has 0 spiro atoms. The predicted molar refractivity (Wildman–Crippen MR) is 79.6 cm³/mol. The summed E-state index contributed by atoms with van der Waals surface area (Å²) in [4.78, 5) is 8.28. The van der Waals surface area contributed by atoms with E-state index in [4.69, 9.17) is 4.74 Å². The van der Waals surface area contributed by atoms with Crippen LogP contribution < -0.4 is 0 Å². The number of aryl methyl sites for hydroxylation is 2. The molecular formula is C14H18N4O3S. The summed E-state index contributed by atoms with van der Waals surface area (Å²) in [5.41, 5.74) is 1.80. The van der Waals surface area contributed by atoms with Crippen molar-refractivity contribution in [2.24, 2.45) is 7.05 Å². The normalized spacial score (nSPS) is 20.2. The average molecular weight is 322 g/mol. The van der Waals surface area contributed by atoms with E-state index in [0.717, 1.165) is 11.3 Å². The summed E-state index contributed by atoms with van der Waals surface area (Å²) in [7, 11) is -1.86. The van der Waals surface area contributed by atoms with E-state index in [0.29, 0.717) is 13.2 Å². The number of morpholine rings is 1. The van der Waals surface area contributed by atoms with Gasteiger partial charge in [0.25, 0.3) is 10.0 Å². The monoisotopic (exact) mass is 322 g/mol. The van der Waals surface area contributed by atoms with E-state index >= 15 is 0 Å². The molecule has 1 fully saturated rings. The molecule has 0 N–H and O–H groups in total. The van der Waals surface area contributed by atoms with Gasteiger partial charge in [0.15, 0.2) is 5.03 Å². The van der Waals surface area contributed by atoms with Crippen LogP contribution in [0.3, 0.4) is 0 Å². The van der Waals surface area contributed by atoms with Gasteiger partial charge in [-0.25, -0.2) is 13.4 Å². The Morgan fingerprint density at radius 3 is 2.77 bits per heavy atom. The Bertz CT molecular complexity index is 755. The minimum atomic E-state index is -3.60. The molecule has 3 rings (SSSR count). The van der Waals surface area contributed by atoms with E-state index in [1.807, 2.05) is 19.1 Å². The molecular weight excluding hydrogens is 304 g/mol. The van der Waals surface area contributed by atoms with Crippen LogP contribution in [0.15, 0.2) is 35.9 Å². The number of hydrogen-bond acceptors (Lipinski definition) is 5. The van der Waals surface area contributed by atoms with Gasteiger partial charge in [-0.15, -0.1) is 0 Å². The first-order valence-corrected chi connectivity index (χ1v) is 8.43. The number of pyridine rings is 1. The van der Waals surface area contributed by atoms with E-state index in [1.165, 1.54) is 16.8 Å². The van der Waals surface area contributed by atoms with E-state index in [1.54, 1.807) is 17.8 Å². The van der Waals surface area contributed by atoms with Crippen molar-refractivity contribution in [3.8, 4) is 0 Å². The zero-order chi connectivity index (χ0) is 15.7. The molecule has 2 aromatic rings. The van der Waals surface area contributed by atoms with Crippen LogP contribution in [0.2, 0.25) is 0 Å². The summed E-state index contributed by atoms with van der Waals surface area (Å²) in [6.07, 6.45) is 4.38. The van der Waals surface area contributed by atoms with Gasteiger partial charge in [-0.05, 0) is 18.6 Å². The van der Waals surface area contributed by atoms with Crippen LogP contribution in [-0.2, 0) is 21.8 Å². The summed E-state index contributed by atoms with van der Waals surface area (Å²) < 4.78 is 33.9. The SMILES string of the molecule is Cc1ccc([C@H]2CN(S(=O)(=O)c3cn(C)cn3)CCO2)nc1. The van der Waals surface area contributed by atoms with Gasteiger partial charge in [0.05, 0.1) is 18.6 Å². The lowest BCUT2D eigenvalue weighted by molar-refractivity contribution is -0.00500. The molecule has 2 aromatic heterocycles. The maximum atomic E-state index is 12.6. The highest BCUT2D eigenvalue weighted by molar-refractivity contribution is 7.89. The standard InChI is InChI=1S/C14H18N4O3S/c1-11-3-4-12(15-7-11)13-8-18(5-6-21-13)22(19,20)14-9-17(2)10-16-14/h3-4,7,9-10,13H,5-6,8H2,1-2H3/t13-/m1/s1. The Labute approximate surface area is 129 Å². The molecule has 0 saturated carbocycles. The van der Waals surface area contributed by atoms with Crippen LogP contribution in [0.1, 0.15) is 17.4 Å². The molecule has 1 aliphatic rings. The fourth-order valence-electron chi connectivity index (χ4n) is 2.35. The molecule has 118 valence electrons. The number of sulfonamides is 1. The summed E-state index contributed by atoms with van der Waals surface area (Å²) >= 11 is 0. The highest BCUT2D eigenvalue weighted by Crippen LogP contribution is 2.24. The zero-order valence-corrected chi connectivity index (χ0v) is 13.3. The van der Waals surface area contributed by atoms with Gasteiger partial charge < -0.3 is 9.30 Å². The van der Waals surface area contributed by atoms with Gasteiger partial charge in [0.1, 0.15) is 6.10 Å². The zero-order valence-electron chi connectivity index (χ0n) is 12.5. The first-order chi connectivity index (χ1) is 10.5. The third-order valence-electron chi connectivity index (χ3n) is 3.58. The van der Waals surface area contributed by atoms with Crippen LogP contribution >= 0.6 is 0 Å². The van der Waals surface area contributed by atoms with Crippen molar-refractivity contribution in [3.05, 3.63) is 42.1 Å². The quantitative estimate of drug-likeness (QED) is 0.838. The van der Waals surface area contributed by atoms with E-state index in [9.17, 15) is 8.42 Å². The van der Waals surface area contributed by atoms with Crippen molar-refractivity contribution in [2.75, 3.05) is 19.7 Å². The molecule has 0 amide bonds. The lowest BCUT2D eigenvalue weighted by Gasteiger charge is -2.31. The smallest absolute Gasteiger partial charge is 0.262 e. The molecule has 0 bridgehead atoms. The minimum Gasteiger partial charge on any atom is -0.369 e. The van der Waals surface area contributed by atoms with E-state index < -0.39 is 10.0 Å². The summed E-state index contributed by atoms with van der Waals surface area (Å²) in [6.45, 7) is 2.86. The molecule has 1 atom stereocenters. The molecule has 7 nitrogen and oxygen atoms in total. The van der Waals surface area contributed by atoms with Crippen LogP contribution in [0.5, 0.6) is 0 Å². The Kier molecular flexibility index (Phi) is 3.98. The van der Waals surface area contributed by atoms with Crippen molar-refractivity contribution in [3.63, 3.8) is 0 Å². The number of ether oxygens (including phenoxy) is 1. The molecule has 1 saturated heterocycles. The van der Waals surface area contributed by atoms with Gasteiger partial charge in [-0.2, -0.15) is 4.31 Å². The number of rotatable bonds is 3. The summed E-state index contributed by atoms with van der Waals surface area (Å²) in [6, 6.07) is 3.81. The molecule has 3 heterocycles. The van der Waals surface area contributed by atoms with Crippen LogP contribution in [-0.4, -0.2) is 47.0 Å². The molecule has 1 aliphatic heterocycles. The molecule has 0 unspecified atom stereocenters. The highest BCUT2D eigenvalue weighted by Gasteiger charge is 2.33. The van der Waals surface area contributed by atoms with Gasteiger partial charge in [-0.3, -0.25) is 4.98 Å². The molecule has 22 heavy (non-hydrogen) atoms. The van der Waals surface area contributed by atoms with Gasteiger partial charge >= 0.3 is 0 Å². The lowest BCUT2D eigenvalue weighted by atomic mass is 10.2. The van der Waals surface area contributed by atoms with Crippen molar-refractivity contribution in [1.82, 2.24) is 18.8 Å². The fraction of sp³-hybridized carbons (Fsp3) is 0.429. The first kappa shape index (κ1) is 15.1. The number of aromatic nitrogens is 3. The maximum absolute atomic E-state index is 12.6. The molecule has 0 radical (unpaired) electrons. The Hall–Kier alpha value is -1.77. The minimum absolute atomic E-state index is 0.0625. The topological polar surface area (TPSA) is 77.3 Å². The molecule has 8 heteroatoms. The van der Waals surface area contributed by atoms with Crippen molar-refractivity contribution in [2.45, 2.75) is 18.1 Å². The second-order valence-corrected chi connectivity index (χ2v) is 7.25.